The first-order valence-corrected chi connectivity index (χ1v) is 12.2. The van der Waals surface area contributed by atoms with Gasteiger partial charge in [-0.05, 0) is 62.8 Å². The van der Waals surface area contributed by atoms with Gasteiger partial charge in [0.25, 0.3) is 0 Å². The number of likely N-dealkylation sites (N-methyl/N-ethyl adjacent to an activating group) is 1. The molecule has 30 heavy (non-hydrogen) atoms. The van der Waals surface area contributed by atoms with Gasteiger partial charge in [0.1, 0.15) is 12.4 Å². The Hall–Kier alpha value is -1.07. The molecular formula is C21H37IN4O3S. The maximum Gasteiger partial charge on any atom is 0.211 e. The van der Waals surface area contributed by atoms with Gasteiger partial charge in [-0.15, -0.1) is 24.0 Å². The number of aryl methyl sites for hydroxylation is 2. The van der Waals surface area contributed by atoms with Crippen LogP contribution in [-0.4, -0.2) is 76.2 Å². The highest BCUT2D eigenvalue weighted by Crippen LogP contribution is 2.19. The van der Waals surface area contributed by atoms with Crippen LogP contribution in [0.1, 0.15) is 30.9 Å². The van der Waals surface area contributed by atoms with Crippen molar-refractivity contribution in [2.45, 2.75) is 33.6 Å². The van der Waals surface area contributed by atoms with Gasteiger partial charge in [-0.3, -0.25) is 4.99 Å². The summed E-state index contributed by atoms with van der Waals surface area (Å²) in [6, 6.07) is 6.24. The molecule has 0 bridgehead atoms. The highest BCUT2D eigenvalue weighted by Gasteiger charge is 2.24. The Morgan fingerprint density at radius 2 is 1.83 bits per heavy atom. The van der Waals surface area contributed by atoms with Gasteiger partial charge in [0.05, 0.1) is 12.8 Å². The molecule has 1 N–H and O–H groups in total. The number of nitrogens with zero attached hydrogens (tertiary/aromatic N) is 3. The molecule has 2 rings (SSSR count). The molecule has 7 nitrogen and oxygen atoms in total. The van der Waals surface area contributed by atoms with Gasteiger partial charge in [0.15, 0.2) is 5.96 Å². The zero-order valence-corrected chi connectivity index (χ0v) is 22.0. The summed E-state index contributed by atoms with van der Waals surface area (Å²) < 4.78 is 30.8. The molecule has 9 heteroatoms. The molecule has 1 aromatic carbocycles. The Kier molecular flexibility index (Phi) is 11.4. The van der Waals surface area contributed by atoms with Crippen LogP contribution < -0.4 is 10.1 Å². The van der Waals surface area contributed by atoms with Gasteiger partial charge in [-0.1, -0.05) is 6.07 Å². The molecule has 0 aromatic heterocycles. The summed E-state index contributed by atoms with van der Waals surface area (Å²) in [5.41, 5.74) is 2.40. The fourth-order valence-corrected chi connectivity index (χ4v) is 4.41. The molecule has 0 unspecified atom stereocenters. The second kappa shape index (κ2) is 12.7. The molecule has 1 fully saturated rings. The third-order valence-corrected chi connectivity index (χ3v) is 6.43. The quantitative estimate of drug-likeness (QED) is 0.305. The molecule has 0 radical (unpaired) electrons. The Morgan fingerprint density at radius 3 is 2.37 bits per heavy atom. The molecule has 1 aliphatic rings. The number of piperidine rings is 1. The van der Waals surface area contributed by atoms with Crippen LogP contribution in [0.15, 0.2) is 23.2 Å². The molecule has 0 saturated carbocycles. The third-order valence-electron chi connectivity index (χ3n) is 5.13. The normalized spacial score (nSPS) is 16.1. The van der Waals surface area contributed by atoms with Crippen LogP contribution in [0.5, 0.6) is 5.75 Å². The largest absolute Gasteiger partial charge is 0.492 e. The van der Waals surface area contributed by atoms with Crippen LogP contribution in [0.2, 0.25) is 0 Å². The smallest absolute Gasteiger partial charge is 0.211 e. The Morgan fingerprint density at radius 1 is 1.23 bits per heavy atom. The van der Waals surface area contributed by atoms with Crippen LogP contribution in [-0.2, 0) is 10.0 Å². The molecule has 1 saturated heterocycles. The predicted molar refractivity (Wildman–Crippen MR) is 135 cm³/mol. The number of benzene rings is 1. The van der Waals surface area contributed by atoms with E-state index < -0.39 is 10.0 Å². The van der Waals surface area contributed by atoms with Crippen molar-refractivity contribution in [3.63, 3.8) is 0 Å². The first-order valence-electron chi connectivity index (χ1n) is 10.3. The summed E-state index contributed by atoms with van der Waals surface area (Å²) in [6.07, 6.45) is 2.99. The summed E-state index contributed by atoms with van der Waals surface area (Å²) in [6.45, 7) is 10.2. The Balaban J connectivity index is 0.00000450. The minimum atomic E-state index is -3.08. The van der Waals surface area contributed by atoms with E-state index in [1.54, 1.807) is 4.31 Å². The summed E-state index contributed by atoms with van der Waals surface area (Å²) in [4.78, 5) is 6.87. The molecule has 0 atom stereocenters. The first kappa shape index (κ1) is 27.0. The second-order valence-corrected chi connectivity index (χ2v) is 9.88. The van der Waals surface area contributed by atoms with Gasteiger partial charge in [-0.2, -0.15) is 0 Å². The van der Waals surface area contributed by atoms with Gasteiger partial charge in [0, 0.05) is 33.2 Å². The van der Waals surface area contributed by atoms with E-state index in [4.69, 9.17) is 9.73 Å². The Bertz CT molecular complexity index is 773. The average Bonchev–Trinajstić information content (AvgIpc) is 2.64. The standard InChI is InChI=1S/C21H36N4O3S.HI/c1-6-22-21(23-16-19-7-9-25(10-8-19)29(5,26)27)24(4)11-12-28-20-14-17(2)13-18(3)15-20;/h13-15,19H,6-12,16H2,1-5H3,(H,22,23);1H. The summed E-state index contributed by atoms with van der Waals surface area (Å²) in [5, 5.41) is 3.34. The minimum Gasteiger partial charge on any atom is -0.492 e. The molecule has 0 aliphatic carbocycles. The van der Waals surface area contributed by atoms with E-state index in [0.29, 0.717) is 32.2 Å². The van der Waals surface area contributed by atoms with E-state index in [-0.39, 0.29) is 24.0 Å². The fourth-order valence-electron chi connectivity index (χ4n) is 3.53. The van der Waals surface area contributed by atoms with Crippen molar-refractivity contribution >= 4 is 40.0 Å². The average molecular weight is 553 g/mol. The number of guanidine groups is 1. The number of halogens is 1. The van der Waals surface area contributed by atoms with Gasteiger partial charge < -0.3 is 15.0 Å². The highest BCUT2D eigenvalue weighted by atomic mass is 127. The lowest BCUT2D eigenvalue weighted by molar-refractivity contribution is 0.274. The van der Waals surface area contributed by atoms with Crippen molar-refractivity contribution in [3.8, 4) is 5.75 Å². The number of hydrogen-bond acceptors (Lipinski definition) is 4. The highest BCUT2D eigenvalue weighted by molar-refractivity contribution is 14.0. The summed E-state index contributed by atoms with van der Waals surface area (Å²) in [7, 11) is -1.07. The van der Waals surface area contributed by atoms with Crippen LogP contribution >= 0.6 is 24.0 Å². The number of ether oxygens (including phenoxy) is 1. The minimum absolute atomic E-state index is 0. The molecule has 0 amide bonds. The van der Waals surface area contributed by atoms with Crippen LogP contribution in [0.3, 0.4) is 0 Å². The lowest BCUT2D eigenvalue weighted by Crippen LogP contribution is -2.42. The number of hydrogen-bond donors (Lipinski definition) is 1. The zero-order valence-electron chi connectivity index (χ0n) is 18.8. The van der Waals surface area contributed by atoms with Crippen molar-refractivity contribution in [3.05, 3.63) is 29.3 Å². The first-order chi connectivity index (χ1) is 13.7. The zero-order chi connectivity index (χ0) is 21.4. The van der Waals surface area contributed by atoms with E-state index in [0.717, 1.165) is 37.6 Å². The van der Waals surface area contributed by atoms with Crippen molar-refractivity contribution in [1.82, 2.24) is 14.5 Å². The molecule has 0 spiro atoms. The Labute approximate surface area is 199 Å². The molecule has 1 heterocycles. The van der Waals surface area contributed by atoms with E-state index >= 15 is 0 Å². The molecular weight excluding hydrogens is 515 g/mol. The van der Waals surface area contributed by atoms with Crippen molar-refractivity contribution in [1.29, 1.82) is 0 Å². The maximum absolute atomic E-state index is 11.6. The van der Waals surface area contributed by atoms with Gasteiger partial charge in [0.2, 0.25) is 10.0 Å². The topological polar surface area (TPSA) is 74.2 Å². The second-order valence-electron chi connectivity index (χ2n) is 7.89. The fraction of sp³-hybridized carbons (Fsp3) is 0.667. The van der Waals surface area contributed by atoms with Crippen molar-refractivity contribution in [2.24, 2.45) is 10.9 Å². The molecule has 172 valence electrons. The van der Waals surface area contributed by atoms with Crippen LogP contribution in [0.25, 0.3) is 0 Å². The van der Waals surface area contributed by atoms with E-state index in [2.05, 4.69) is 49.2 Å². The van der Waals surface area contributed by atoms with Crippen LogP contribution in [0, 0.1) is 19.8 Å². The SMILES string of the molecule is CCNC(=NCC1CCN(S(C)(=O)=O)CC1)N(C)CCOc1cc(C)cc(C)c1.I. The predicted octanol–water partition coefficient (Wildman–Crippen LogP) is 2.87. The number of sulfonamides is 1. The van der Waals surface area contributed by atoms with Crippen LogP contribution in [0.4, 0.5) is 0 Å². The summed E-state index contributed by atoms with van der Waals surface area (Å²) in [5.74, 6) is 2.18. The monoisotopic (exact) mass is 552 g/mol. The lowest BCUT2D eigenvalue weighted by Gasteiger charge is -2.30. The summed E-state index contributed by atoms with van der Waals surface area (Å²) >= 11 is 0. The lowest BCUT2D eigenvalue weighted by atomic mass is 9.98. The number of aliphatic imine (C=N–C) groups is 1. The van der Waals surface area contributed by atoms with Gasteiger partial charge >= 0.3 is 0 Å². The van der Waals surface area contributed by atoms with Crippen molar-refractivity contribution in [2.75, 3.05) is 52.6 Å². The molecule has 1 aromatic rings. The molecule has 1 aliphatic heterocycles. The van der Waals surface area contributed by atoms with Crippen molar-refractivity contribution < 1.29 is 13.2 Å². The van der Waals surface area contributed by atoms with E-state index in [9.17, 15) is 8.42 Å². The maximum atomic E-state index is 11.6. The van der Waals surface area contributed by atoms with Gasteiger partial charge in [-0.25, -0.2) is 12.7 Å². The number of rotatable bonds is 8. The van der Waals surface area contributed by atoms with E-state index in [1.165, 1.54) is 17.4 Å². The number of nitrogens with one attached hydrogen (secondary N) is 1. The van der Waals surface area contributed by atoms with E-state index in [1.807, 2.05) is 7.05 Å². The third kappa shape index (κ3) is 8.97.